The molecule has 3 rings (SSSR count). The summed E-state index contributed by atoms with van der Waals surface area (Å²) < 4.78 is 0. The van der Waals surface area contributed by atoms with Crippen LogP contribution in [0, 0.1) is 0 Å². The molecule has 6 heteroatoms. The fourth-order valence-corrected chi connectivity index (χ4v) is 3.06. The molecule has 138 valence electrons. The lowest BCUT2D eigenvalue weighted by Crippen LogP contribution is -2.28. The van der Waals surface area contributed by atoms with E-state index < -0.39 is 0 Å². The summed E-state index contributed by atoms with van der Waals surface area (Å²) in [6, 6.07) is 9.47. The van der Waals surface area contributed by atoms with Gasteiger partial charge in [0.05, 0.1) is 17.0 Å². The number of nitrogens with one attached hydrogen (secondary N) is 3. The fourth-order valence-electron chi connectivity index (χ4n) is 3.06. The molecular formula is C21H22N4O2. The minimum Gasteiger partial charge on any atom is -0.380 e. The number of carbonyl (C=O) groups is 2. The summed E-state index contributed by atoms with van der Waals surface area (Å²) in [5.41, 5.74) is 1.44. The van der Waals surface area contributed by atoms with Crippen LogP contribution in [0.5, 0.6) is 0 Å². The molecule has 1 unspecified atom stereocenters. The summed E-state index contributed by atoms with van der Waals surface area (Å²) in [6.07, 6.45) is 5.21. The number of aromatic nitrogens is 1. The van der Waals surface area contributed by atoms with E-state index in [1.165, 1.54) is 6.08 Å². The van der Waals surface area contributed by atoms with Gasteiger partial charge in [-0.15, -0.1) is 0 Å². The first-order valence-corrected chi connectivity index (χ1v) is 8.78. The molecule has 27 heavy (non-hydrogen) atoms. The van der Waals surface area contributed by atoms with Crippen molar-refractivity contribution in [1.82, 2.24) is 15.6 Å². The fraction of sp³-hybridized carbons (Fsp3) is 0.190. The monoisotopic (exact) mass is 362 g/mol. The number of hydrogen-bond acceptors (Lipinski definition) is 4. The number of pyridine rings is 1. The van der Waals surface area contributed by atoms with E-state index in [0.29, 0.717) is 29.2 Å². The molecule has 1 atom stereocenters. The van der Waals surface area contributed by atoms with Gasteiger partial charge in [0, 0.05) is 24.0 Å². The Kier molecular flexibility index (Phi) is 5.35. The molecule has 1 aliphatic rings. The maximum absolute atomic E-state index is 13.0. The van der Waals surface area contributed by atoms with Crippen molar-refractivity contribution in [1.29, 1.82) is 0 Å². The largest absolute Gasteiger partial charge is 0.380 e. The Morgan fingerprint density at radius 3 is 2.85 bits per heavy atom. The van der Waals surface area contributed by atoms with Crippen molar-refractivity contribution in [2.24, 2.45) is 0 Å². The highest BCUT2D eigenvalue weighted by Crippen LogP contribution is 2.22. The van der Waals surface area contributed by atoms with Crippen LogP contribution in [-0.4, -0.2) is 22.8 Å². The number of anilines is 1. The molecule has 0 bridgehead atoms. The zero-order valence-corrected chi connectivity index (χ0v) is 15.4. The molecule has 1 aliphatic heterocycles. The molecule has 0 radical (unpaired) electrons. The number of rotatable bonds is 3. The zero-order valence-electron chi connectivity index (χ0n) is 15.4. The van der Waals surface area contributed by atoms with E-state index >= 15 is 0 Å². The van der Waals surface area contributed by atoms with Gasteiger partial charge in [0.15, 0.2) is 0 Å². The van der Waals surface area contributed by atoms with Gasteiger partial charge in [0.1, 0.15) is 5.82 Å². The smallest absolute Gasteiger partial charge is 0.258 e. The van der Waals surface area contributed by atoms with Crippen molar-refractivity contribution >= 4 is 28.4 Å². The molecule has 2 amide bonds. The van der Waals surface area contributed by atoms with Crippen LogP contribution < -0.4 is 16.0 Å². The SMILES string of the molecule is C=C/C(C(=O)Nc1nccc2ccccc12)=C1/NC(C)CC(=O)N/C1=C/C. The van der Waals surface area contributed by atoms with Gasteiger partial charge < -0.3 is 16.0 Å². The molecule has 0 saturated carbocycles. The molecule has 1 aromatic carbocycles. The number of amides is 2. The second-order valence-corrected chi connectivity index (χ2v) is 6.33. The minimum atomic E-state index is -0.348. The highest BCUT2D eigenvalue weighted by molar-refractivity contribution is 6.10. The van der Waals surface area contributed by atoms with E-state index in [2.05, 4.69) is 27.5 Å². The summed E-state index contributed by atoms with van der Waals surface area (Å²) in [6.45, 7) is 7.48. The van der Waals surface area contributed by atoms with Gasteiger partial charge >= 0.3 is 0 Å². The van der Waals surface area contributed by atoms with Gasteiger partial charge in [-0.3, -0.25) is 9.59 Å². The van der Waals surface area contributed by atoms with Crippen molar-refractivity contribution in [3.8, 4) is 0 Å². The molecule has 1 saturated heterocycles. The van der Waals surface area contributed by atoms with Crippen LogP contribution in [-0.2, 0) is 9.59 Å². The molecular weight excluding hydrogens is 340 g/mol. The van der Waals surface area contributed by atoms with Crippen molar-refractivity contribution in [3.05, 3.63) is 72.2 Å². The lowest BCUT2D eigenvalue weighted by Gasteiger charge is -2.17. The third-order valence-corrected chi connectivity index (χ3v) is 4.34. The molecule has 0 spiro atoms. The lowest BCUT2D eigenvalue weighted by molar-refractivity contribution is -0.120. The summed E-state index contributed by atoms with van der Waals surface area (Å²) in [7, 11) is 0. The highest BCUT2D eigenvalue weighted by Gasteiger charge is 2.24. The first kappa shape index (κ1) is 18.4. The maximum Gasteiger partial charge on any atom is 0.258 e. The predicted octanol–water partition coefficient (Wildman–Crippen LogP) is 3.02. The average molecular weight is 362 g/mol. The van der Waals surface area contributed by atoms with Crippen molar-refractivity contribution in [3.63, 3.8) is 0 Å². The second kappa shape index (κ2) is 7.86. The summed E-state index contributed by atoms with van der Waals surface area (Å²) >= 11 is 0. The Morgan fingerprint density at radius 2 is 2.11 bits per heavy atom. The van der Waals surface area contributed by atoms with E-state index in [1.54, 1.807) is 19.2 Å². The molecule has 2 heterocycles. The van der Waals surface area contributed by atoms with E-state index in [0.717, 1.165) is 10.8 Å². The Bertz CT molecular complexity index is 970. The molecule has 6 nitrogen and oxygen atoms in total. The molecule has 0 aliphatic carbocycles. The number of hydrogen-bond donors (Lipinski definition) is 3. The first-order valence-electron chi connectivity index (χ1n) is 8.78. The number of nitrogens with zero attached hydrogens (tertiary/aromatic N) is 1. The van der Waals surface area contributed by atoms with Gasteiger partial charge in [-0.2, -0.15) is 0 Å². The molecule has 3 N–H and O–H groups in total. The third-order valence-electron chi connectivity index (χ3n) is 4.34. The van der Waals surface area contributed by atoms with Crippen LogP contribution in [0.25, 0.3) is 10.8 Å². The van der Waals surface area contributed by atoms with Gasteiger partial charge in [-0.05, 0) is 25.3 Å². The lowest BCUT2D eigenvalue weighted by atomic mass is 10.1. The molecule has 2 aromatic rings. The number of fused-ring (bicyclic) bond motifs is 1. The molecule has 1 aromatic heterocycles. The summed E-state index contributed by atoms with van der Waals surface area (Å²) in [5, 5.41) is 10.8. The van der Waals surface area contributed by atoms with Gasteiger partial charge in [0.2, 0.25) is 5.91 Å². The third kappa shape index (κ3) is 3.89. The van der Waals surface area contributed by atoms with Crippen LogP contribution in [0.1, 0.15) is 20.3 Å². The Hall–Kier alpha value is -3.41. The predicted molar refractivity (Wildman–Crippen MR) is 107 cm³/mol. The van der Waals surface area contributed by atoms with Gasteiger partial charge in [-0.25, -0.2) is 4.98 Å². The quantitative estimate of drug-likeness (QED) is 0.733. The summed E-state index contributed by atoms with van der Waals surface area (Å²) in [5.74, 6) is 0.0301. The van der Waals surface area contributed by atoms with E-state index in [4.69, 9.17) is 0 Å². The normalized spacial score (nSPS) is 20.4. The van der Waals surface area contributed by atoms with Gasteiger partial charge in [-0.1, -0.05) is 43.0 Å². The standard InChI is InChI=1S/C21H22N4O2/c1-4-15(19-17(5-2)24-18(26)12-13(3)23-19)21(27)25-20-16-9-7-6-8-14(16)10-11-22-20/h4-11,13,23H,1,12H2,2-3H3,(H,24,26)(H,22,25,27)/b17-5+,19-15-. The van der Waals surface area contributed by atoms with Crippen LogP contribution in [0.4, 0.5) is 5.82 Å². The van der Waals surface area contributed by atoms with Gasteiger partial charge in [0.25, 0.3) is 5.91 Å². The number of allylic oxidation sites excluding steroid dienone is 1. The zero-order chi connectivity index (χ0) is 19.4. The van der Waals surface area contributed by atoms with Crippen LogP contribution in [0.3, 0.4) is 0 Å². The van der Waals surface area contributed by atoms with Crippen LogP contribution in [0.15, 0.2) is 72.2 Å². The van der Waals surface area contributed by atoms with Crippen LogP contribution >= 0.6 is 0 Å². The van der Waals surface area contributed by atoms with E-state index in [1.807, 2.05) is 37.3 Å². The average Bonchev–Trinajstić information content (AvgIpc) is 2.80. The Labute approximate surface area is 158 Å². The minimum absolute atomic E-state index is 0.0994. The topological polar surface area (TPSA) is 83.1 Å². The molecule has 1 fully saturated rings. The maximum atomic E-state index is 13.0. The summed E-state index contributed by atoms with van der Waals surface area (Å²) in [4.78, 5) is 29.3. The van der Waals surface area contributed by atoms with Crippen LogP contribution in [0.2, 0.25) is 0 Å². The number of benzene rings is 1. The second-order valence-electron chi connectivity index (χ2n) is 6.33. The van der Waals surface area contributed by atoms with E-state index in [9.17, 15) is 9.59 Å². The van der Waals surface area contributed by atoms with Crippen molar-refractivity contribution < 1.29 is 9.59 Å². The van der Waals surface area contributed by atoms with Crippen molar-refractivity contribution in [2.45, 2.75) is 26.3 Å². The number of carbonyl (C=O) groups excluding carboxylic acids is 2. The van der Waals surface area contributed by atoms with Crippen molar-refractivity contribution in [2.75, 3.05) is 5.32 Å². The highest BCUT2D eigenvalue weighted by atomic mass is 16.2. The Balaban J connectivity index is 2.00. The Morgan fingerprint density at radius 1 is 1.33 bits per heavy atom. The van der Waals surface area contributed by atoms with E-state index in [-0.39, 0.29) is 17.9 Å². The first-order chi connectivity index (χ1) is 13.0.